The van der Waals surface area contributed by atoms with Crippen molar-refractivity contribution in [3.63, 3.8) is 0 Å². The maximum Gasteiger partial charge on any atom is 0.311 e. The molecule has 1 rings (SSSR count). The highest BCUT2D eigenvalue weighted by molar-refractivity contribution is 5.78. The maximum absolute atomic E-state index is 11.4. The average molecular weight is 230 g/mol. The highest BCUT2D eigenvalue weighted by atomic mass is 16.5. The van der Waals surface area contributed by atoms with Crippen molar-refractivity contribution in [2.24, 2.45) is 11.8 Å². The van der Waals surface area contributed by atoms with E-state index in [1.807, 2.05) is 0 Å². The third-order valence-corrected chi connectivity index (χ3v) is 2.79. The summed E-state index contributed by atoms with van der Waals surface area (Å²) >= 11 is 0. The summed E-state index contributed by atoms with van der Waals surface area (Å²) in [5, 5.41) is 9.84. The smallest absolute Gasteiger partial charge is 0.311 e. The van der Waals surface area contributed by atoms with Crippen molar-refractivity contribution < 1.29 is 24.2 Å². The summed E-state index contributed by atoms with van der Waals surface area (Å²) in [7, 11) is 0. The first-order valence-electron chi connectivity index (χ1n) is 5.63. The summed E-state index contributed by atoms with van der Waals surface area (Å²) in [6.45, 7) is 3.99. The molecule has 0 aliphatic heterocycles. The third kappa shape index (κ3) is 2.72. The van der Waals surface area contributed by atoms with Crippen molar-refractivity contribution in [2.75, 3.05) is 13.2 Å². The summed E-state index contributed by atoms with van der Waals surface area (Å²) in [5.74, 6) is -2.03. The van der Waals surface area contributed by atoms with Crippen molar-refractivity contribution in [3.8, 4) is 0 Å². The van der Waals surface area contributed by atoms with E-state index in [0.717, 1.165) is 0 Å². The van der Waals surface area contributed by atoms with E-state index in [4.69, 9.17) is 9.47 Å². The summed E-state index contributed by atoms with van der Waals surface area (Å²) < 4.78 is 9.67. The number of carbonyl (C=O) groups is 2. The van der Waals surface area contributed by atoms with Crippen molar-refractivity contribution in [3.05, 3.63) is 0 Å². The Bertz CT molecular complexity index is 237. The van der Waals surface area contributed by atoms with Gasteiger partial charge in [-0.1, -0.05) is 0 Å². The predicted octanol–water partition coefficient (Wildman–Crippen LogP) is 0.500. The van der Waals surface area contributed by atoms with Crippen LogP contribution >= 0.6 is 0 Å². The van der Waals surface area contributed by atoms with E-state index in [1.54, 1.807) is 13.8 Å². The fraction of sp³-hybridized carbons (Fsp3) is 0.818. The molecular weight excluding hydrogens is 212 g/mol. The van der Waals surface area contributed by atoms with E-state index in [-0.39, 0.29) is 13.2 Å². The first kappa shape index (κ1) is 13.0. The molecule has 1 fully saturated rings. The van der Waals surface area contributed by atoms with Crippen LogP contribution in [0.4, 0.5) is 0 Å². The van der Waals surface area contributed by atoms with Crippen LogP contribution in [0, 0.1) is 11.8 Å². The molecule has 16 heavy (non-hydrogen) atoms. The quantitative estimate of drug-likeness (QED) is 0.712. The van der Waals surface area contributed by atoms with Gasteiger partial charge in [0.25, 0.3) is 0 Å². The number of ether oxygens (including phenoxy) is 2. The van der Waals surface area contributed by atoms with Crippen molar-refractivity contribution in [1.82, 2.24) is 0 Å². The molecule has 0 amide bonds. The van der Waals surface area contributed by atoms with Gasteiger partial charge in [0.15, 0.2) is 0 Å². The minimum Gasteiger partial charge on any atom is -0.466 e. The molecule has 0 aromatic carbocycles. The number of hydrogen-bond donors (Lipinski definition) is 1. The Morgan fingerprint density at radius 1 is 1.06 bits per heavy atom. The second-order valence-corrected chi connectivity index (χ2v) is 3.79. The molecule has 1 N–H and O–H groups in total. The van der Waals surface area contributed by atoms with Gasteiger partial charge in [0, 0.05) is 0 Å². The Balaban J connectivity index is 2.56. The molecular formula is C11H18O5. The second-order valence-electron chi connectivity index (χ2n) is 3.79. The van der Waals surface area contributed by atoms with Crippen molar-refractivity contribution in [1.29, 1.82) is 0 Å². The monoisotopic (exact) mass is 230 g/mol. The molecule has 0 bridgehead atoms. The van der Waals surface area contributed by atoms with Gasteiger partial charge in [-0.15, -0.1) is 0 Å². The molecule has 0 aromatic heterocycles. The molecule has 2 atom stereocenters. The lowest BCUT2D eigenvalue weighted by atomic mass is 10.0. The zero-order valence-corrected chi connectivity index (χ0v) is 9.64. The van der Waals surface area contributed by atoms with Gasteiger partial charge < -0.3 is 14.6 Å². The third-order valence-electron chi connectivity index (χ3n) is 2.79. The molecule has 1 aliphatic carbocycles. The summed E-state index contributed by atoms with van der Waals surface area (Å²) in [6, 6.07) is 0. The van der Waals surface area contributed by atoms with Gasteiger partial charge in [-0.2, -0.15) is 0 Å². The van der Waals surface area contributed by atoms with Crippen LogP contribution in [-0.4, -0.2) is 36.4 Å². The molecule has 0 aromatic rings. The molecule has 0 radical (unpaired) electrons. The molecule has 0 spiro atoms. The summed E-state index contributed by atoms with van der Waals surface area (Å²) in [6.07, 6.45) is -0.0226. The number of carbonyl (C=O) groups excluding carboxylic acids is 2. The Kier molecular flexibility index (Phi) is 4.73. The Morgan fingerprint density at radius 2 is 1.44 bits per heavy atom. The molecule has 2 unspecified atom stereocenters. The van der Waals surface area contributed by atoms with Gasteiger partial charge in [0.05, 0.1) is 31.2 Å². The molecule has 5 nitrogen and oxygen atoms in total. The Labute approximate surface area is 94.7 Å². The SMILES string of the molecule is CCOC(=O)C1CCC(C(=O)OCC)C1O. The average Bonchev–Trinajstić information content (AvgIpc) is 2.61. The Hall–Kier alpha value is -1.10. The van der Waals surface area contributed by atoms with Gasteiger partial charge in [0.1, 0.15) is 0 Å². The first-order chi connectivity index (χ1) is 7.61. The van der Waals surface area contributed by atoms with Crippen LogP contribution in [0.3, 0.4) is 0 Å². The number of hydrogen-bond acceptors (Lipinski definition) is 5. The number of aliphatic hydroxyl groups is 1. The summed E-state index contributed by atoms with van der Waals surface area (Å²) in [4.78, 5) is 22.9. The molecule has 0 heterocycles. The second kappa shape index (κ2) is 5.84. The molecule has 1 aliphatic rings. The fourth-order valence-corrected chi connectivity index (χ4v) is 1.99. The zero-order valence-electron chi connectivity index (χ0n) is 9.64. The topological polar surface area (TPSA) is 72.8 Å². The van der Waals surface area contributed by atoms with Crippen LogP contribution in [0.25, 0.3) is 0 Å². The molecule has 5 heteroatoms. The lowest BCUT2D eigenvalue weighted by Crippen LogP contribution is -2.33. The number of esters is 2. The summed E-state index contributed by atoms with van der Waals surface area (Å²) in [5.41, 5.74) is 0. The van der Waals surface area contributed by atoms with Crippen LogP contribution < -0.4 is 0 Å². The lowest BCUT2D eigenvalue weighted by Gasteiger charge is -2.17. The minimum atomic E-state index is -0.974. The van der Waals surface area contributed by atoms with Gasteiger partial charge >= 0.3 is 11.9 Å². The van der Waals surface area contributed by atoms with E-state index in [1.165, 1.54) is 0 Å². The Morgan fingerprint density at radius 3 is 1.75 bits per heavy atom. The standard InChI is InChI=1S/C11H18O5/c1-3-15-10(13)7-5-6-8(9(7)12)11(14)16-4-2/h7-9,12H,3-6H2,1-2H3. The van der Waals surface area contributed by atoms with Crippen molar-refractivity contribution >= 4 is 11.9 Å². The molecule has 1 saturated carbocycles. The lowest BCUT2D eigenvalue weighted by molar-refractivity contribution is -0.155. The van der Waals surface area contributed by atoms with E-state index in [9.17, 15) is 14.7 Å². The van der Waals surface area contributed by atoms with Gasteiger partial charge in [0.2, 0.25) is 0 Å². The van der Waals surface area contributed by atoms with E-state index < -0.39 is 29.9 Å². The van der Waals surface area contributed by atoms with Crippen LogP contribution in [0.2, 0.25) is 0 Å². The van der Waals surface area contributed by atoms with Gasteiger partial charge in [-0.3, -0.25) is 9.59 Å². The van der Waals surface area contributed by atoms with Gasteiger partial charge in [-0.25, -0.2) is 0 Å². The highest BCUT2D eigenvalue weighted by Crippen LogP contribution is 2.33. The van der Waals surface area contributed by atoms with Crippen molar-refractivity contribution in [2.45, 2.75) is 32.8 Å². The number of aliphatic hydroxyl groups excluding tert-OH is 1. The van der Waals surface area contributed by atoms with E-state index >= 15 is 0 Å². The van der Waals surface area contributed by atoms with E-state index in [0.29, 0.717) is 12.8 Å². The predicted molar refractivity (Wildman–Crippen MR) is 55.5 cm³/mol. The maximum atomic E-state index is 11.4. The highest BCUT2D eigenvalue weighted by Gasteiger charge is 2.44. The fourth-order valence-electron chi connectivity index (χ4n) is 1.99. The first-order valence-corrected chi connectivity index (χ1v) is 5.63. The van der Waals surface area contributed by atoms with Gasteiger partial charge in [-0.05, 0) is 26.7 Å². The van der Waals surface area contributed by atoms with Crippen LogP contribution in [0.1, 0.15) is 26.7 Å². The van der Waals surface area contributed by atoms with Crippen LogP contribution in [0.5, 0.6) is 0 Å². The van der Waals surface area contributed by atoms with Crippen LogP contribution in [0.15, 0.2) is 0 Å². The van der Waals surface area contributed by atoms with Crippen LogP contribution in [-0.2, 0) is 19.1 Å². The zero-order chi connectivity index (χ0) is 12.1. The molecule has 0 saturated heterocycles. The largest absolute Gasteiger partial charge is 0.466 e. The molecule has 92 valence electrons. The normalized spacial score (nSPS) is 28.8. The minimum absolute atomic E-state index is 0.284. The van der Waals surface area contributed by atoms with E-state index in [2.05, 4.69) is 0 Å². The number of rotatable bonds is 4.